The highest BCUT2D eigenvalue weighted by molar-refractivity contribution is 6.99. The lowest BCUT2D eigenvalue weighted by molar-refractivity contribution is -0.161. The minimum absolute atomic E-state index is 0.531. The second-order valence-electron chi connectivity index (χ2n) is 8.66. The third-order valence-corrected chi connectivity index (χ3v) is 10.6. The van der Waals surface area contributed by atoms with Crippen LogP contribution in [0.4, 0.5) is 0 Å². The molecule has 0 spiro atoms. The predicted octanol–water partition coefficient (Wildman–Crippen LogP) is 1.50. The van der Waals surface area contributed by atoms with Gasteiger partial charge in [-0.1, -0.05) is 86.5 Å². The van der Waals surface area contributed by atoms with Crippen LogP contribution in [-0.4, -0.2) is 67.7 Å². The van der Waals surface area contributed by atoms with Crippen LogP contribution in [0.3, 0.4) is 0 Å². The number of ether oxygens (including phenoxy) is 1. The van der Waals surface area contributed by atoms with Crippen LogP contribution in [0.5, 0.6) is 0 Å². The van der Waals surface area contributed by atoms with Crippen LogP contribution in [0.15, 0.2) is 65.8 Å². The molecule has 4 atom stereocenters. The molecular weight excluding hydrogens is 442 g/mol. The van der Waals surface area contributed by atoms with E-state index in [0.29, 0.717) is 0 Å². The number of benzene rings is 2. The summed E-state index contributed by atoms with van der Waals surface area (Å²) in [5.41, 5.74) is 8.86. The molecular formula is C23H31N3O6Si. The molecule has 0 bridgehead atoms. The number of aliphatic hydroxyl groups is 3. The molecule has 2 aromatic carbocycles. The molecule has 0 aromatic heterocycles. The zero-order chi connectivity index (χ0) is 24.6. The second-order valence-corrected chi connectivity index (χ2v) is 12.9. The topological polar surface area (TPSA) is 145 Å². The number of esters is 1. The molecule has 0 saturated carbocycles. The molecule has 0 amide bonds. The zero-order valence-electron chi connectivity index (χ0n) is 19.2. The Kier molecular flexibility index (Phi) is 9.18. The highest BCUT2D eigenvalue weighted by atomic mass is 28.4. The van der Waals surface area contributed by atoms with Crippen molar-refractivity contribution < 1.29 is 29.3 Å². The number of azide groups is 1. The van der Waals surface area contributed by atoms with Crippen molar-refractivity contribution in [3.05, 3.63) is 71.1 Å². The van der Waals surface area contributed by atoms with Gasteiger partial charge in [0.1, 0.15) is 6.10 Å². The molecule has 9 nitrogen and oxygen atoms in total. The van der Waals surface area contributed by atoms with Crippen molar-refractivity contribution in [2.75, 3.05) is 13.7 Å². The number of rotatable bonds is 10. The number of methoxy groups -OCH3 is 1. The van der Waals surface area contributed by atoms with Gasteiger partial charge >= 0.3 is 5.97 Å². The summed E-state index contributed by atoms with van der Waals surface area (Å²) in [6.07, 6.45) is -5.14. The van der Waals surface area contributed by atoms with Crippen LogP contribution in [-0.2, 0) is 14.0 Å². The van der Waals surface area contributed by atoms with E-state index in [-0.39, 0.29) is 0 Å². The highest BCUT2D eigenvalue weighted by Gasteiger charge is 2.54. The zero-order valence-corrected chi connectivity index (χ0v) is 20.2. The molecule has 0 heterocycles. The van der Waals surface area contributed by atoms with Crippen molar-refractivity contribution in [1.29, 1.82) is 0 Å². The fourth-order valence-corrected chi connectivity index (χ4v) is 8.66. The maximum atomic E-state index is 12.3. The van der Waals surface area contributed by atoms with Crippen molar-refractivity contribution in [1.82, 2.24) is 0 Å². The number of hydrogen-bond donors (Lipinski definition) is 3. The third-order valence-electron chi connectivity index (χ3n) is 5.60. The van der Waals surface area contributed by atoms with E-state index in [1.165, 1.54) is 0 Å². The summed E-state index contributed by atoms with van der Waals surface area (Å²) >= 11 is 0. The molecule has 10 heteroatoms. The van der Waals surface area contributed by atoms with E-state index >= 15 is 0 Å². The first-order chi connectivity index (χ1) is 15.6. The van der Waals surface area contributed by atoms with E-state index in [1.807, 2.05) is 81.4 Å². The quantitative estimate of drug-likeness (QED) is 0.157. The van der Waals surface area contributed by atoms with Gasteiger partial charge in [-0.3, -0.25) is 0 Å². The lowest BCUT2D eigenvalue weighted by Gasteiger charge is -2.46. The Hall–Kier alpha value is -2.72. The Balaban J connectivity index is 2.79. The Morgan fingerprint density at radius 3 is 1.91 bits per heavy atom. The molecule has 0 fully saturated rings. The molecule has 0 aliphatic carbocycles. The summed E-state index contributed by atoms with van der Waals surface area (Å²) in [6.45, 7) is 5.26. The van der Waals surface area contributed by atoms with Gasteiger partial charge < -0.3 is 24.5 Å². The molecule has 0 aliphatic heterocycles. The Labute approximate surface area is 194 Å². The van der Waals surface area contributed by atoms with Crippen LogP contribution >= 0.6 is 0 Å². The smallest absolute Gasteiger partial charge is 0.337 e. The summed E-state index contributed by atoms with van der Waals surface area (Å²) in [5, 5.41) is 36.1. The monoisotopic (exact) mass is 473 g/mol. The first-order valence-electron chi connectivity index (χ1n) is 10.5. The second kappa shape index (κ2) is 11.4. The SMILES string of the molecule is COC(=O)[C@@H](O)[C@@H](O[Si](c1ccccc1)(c1ccccc1)C(C)(C)C)[C@@H](O)[C@@H](CO)N=[N+]=[N-]. The summed E-state index contributed by atoms with van der Waals surface area (Å²) in [5.74, 6) is -1.02. The van der Waals surface area contributed by atoms with Gasteiger partial charge in [-0.2, -0.15) is 0 Å². The Morgan fingerprint density at radius 1 is 1.06 bits per heavy atom. The lowest BCUT2D eigenvalue weighted by atomic mass is 10.0. The number of aliphatic hydroxyl groups excluding tert-OH is 3. The molecule has 178 valence electrons. The number of carbonyl (C=O) groups is 1. The van der Waals surface area contributed by atoms with Crippen molar-refractivity contribution in [2.45, 2.75) is 50.2 Å². The molecule has 0 aliphatic rings. The van der Waals surface area contributed by atoms with E-state index in [1.54, 1.807) is 0 Å². The molecule has 2 rings (SSSR count). The fraction of sp³-hybridized carbons (Fsp3) is 0.435. The van der Waals surface area contributed by atoms with Gasteiger partial charge in [0.25, 0.3) is 8.32 Å². The summed E-state index contributed by atoms with van der Waals surface area (Å²) in [4.78, 5) is 15.0. The maximum absolute atomic E-state index is 12.3. The fourth-order valence-electron chi connectivity index (χ4n) is 3.97. The van der Waals surface area contributed by atoms with Gasteiger partial charge in [-0.15, -0.1) is 0 Å². The molecule has 0 saturated heterocycles. The summed E-state index contributed by atoms with van der Waals surface area (Å²) in [6, 6.07) is 17.5. The van der Waals surface area contributed by atoms with Crippen molar-refractivity contribution >= 4 is 24.7 Å². The molecule has 0 radical (unpaired) electrons. The number of nitrogens with zero attached hydrogens (tertiary/aromatic N) is 3. The van der Waals surface area contributed by atoms with Gasteiger partial charge in [0, 0.05) is 4.91 Å². The molecule has 33 heavy (non-hydrogen) atoms. The van der Waals surface area contributed by atoms with E-state index < -0.39 is 50.3 Å². The first-order valence-corrected chi connectivity index (χ1v) is 12.4. The van der Waals surface area contributed by atoms with E-state index in [4.69, 9.17) is 14.7 Å². The van der Waals surface area contributed by atoms with Crippen LogP contribution in [0.25, 0.3) is 10.4 Å². The number of hydrogen-bond acceptors (Lipinski definition) is 7. The average Bonchev–Trinajstić information content (AvgIpc) is 2.82. The van der Waals surface area contributed by atoms with E-state index in [9.17, 15) is 20.1 Å². The van der Waals surface area contributed by atoms with E-state index in [0.717, 1.165) is 17.5 Å². The standard InChI is InChI=1S/C23H31N3O6Si/c1-23(2,3)33(16-11-7-5-8-12-16,17-13-9-6-10-14-17)32-21(20(29)22(30)31-4)19(28)18(15-27)25-26-24/h5-14,18-21,27-29H,15H2,1-4H3/t18-,19+,20+,21+/m1/s1. The Bertz CT molecular complexity index is 908. The predicted molar refractivity (Wildman–Crippen MR) is 127 cm³/mol. The first kappa shape index (κ1) is 26.5. The normalized spacial score (nSPS) is 15.6. The maximum Gasteiger partial charge on any atom is 0.337 e. The van der Waals surface area contributed by atoms with Crippen molar-refractivity contribution in [2.24, 2.45) is 5.11 Å². The van der Waals surface area contributed by atoms with Gasteiger partial charge in [-0.25, -0.2) is 4.79 Å². The summed E-state index contributed by atoms with van der Waals surface area (Å²) in [7, 11) is -2.22. The largest absolute Gasteiger partial charge is 0.467 e. The highest BCUT2D eigenvalue weighted by Crippen LogP contribution is 2.38. The van der Waals surface area contributed by atoms with Crippen LogP contribution in [0.2, 0.25) is 5.04 Å². The number of carbonyl (C=O) groups excluding carboxylic acids is 1. The van der Waals surface area contributed by atoms with Gasteiger partial charge in [0.2, 0.25) is 0 Å². The minimum atomic E-state index is -3.32. The minimum Gasteiger partial charge on any atom is -0.467 e. The molecule has 0 unspecified atom stereocenters. The lowest BCUT2D eigenvalue weighted by Crippen LogP contribution is -2.70. The van der Waals surface area contributed by atoms with Crippen LogP contribution in [0.1, 0.15) is 20.8 Å². The third kappa shape index (κ3) is 5.62. The van der Waals surface area contributed by atoms with Gasteiger partial charge in [0.15, 0.2) is 6.10 Å². The van der Waals surface area contributed by atoms with Crippen LogP contribution < -0.4 is 10.4 Å². The molecule has 2 aromatic rings. The van der Waals surface area contributed by atoms with Crippen LogP contribution in [0, 0.1) is 0 Å². The summed E-state index contributed by atoms with van der Waals surface area (Å²) < 4.78 is 11.4. The van der Waals surface area contributed by atoms with Crippen molar-refractivity contribution in [3.8, 4) is 0 Å². The Morgan fingerprint density at radius 2 is 1.55 bits per heavy atom. The molecule has 3 N–H and O–H groups in total. The van der Waals surface area contributed by atoms with Gasteiger partial charge in [0.05, 0.1) is 25.9 Å². The average molecular weight is 474 g/mol. The van der Waals surface area contributed by atoms with Gasteiger partial charge in [-0.05, 0) is 20.9 Å². The van der Waals surface area contributed by atoms with Crippen molar-refractivity contribution in [3.63, 3.8) is 0 Å². The van der Waals surface area contributed by atoms with E-state index in [2.05, 4.69) is 10.0 Å².